The van der Waals surface area contributed by atoms with Crippen LogP contribution in [0.15, 0.2) is 56.3 Å². The van der Waals surface area contributed by atoms with E-state index in [1.807, 2.05) is 5.43 Å². The molecule has 0 atom stereocenters. The van der Waals surface area contributed by atoms with Crippen molar-refractivity contribution in [3.63, 3.8) is 0 Å². The maximum atomic E-state index is 11.8. The molecular formula is C18H18N4O6. The Morgan fingerprint density at radius 2 is 1.82 bits per heavy atom. The van der Waals surface area contributed by atoms with Crippen molar-refractivity contribution < 1.29 is 23.2 Å². The summed E-state index contributed by atoms with van der Waals surface area (Å²) in [6, 6.07) is 10.3. The van der Waals surface area contributed by atoms with Gasteiger partial charge < -0.3 is 14.2 Å². The number of para-hydroxylation sites is 2. The molecule has 3 aromatic rings. The van der Waals surface area contributed by atoms with Crippen LogP contribution in [-0.4, -0.2) is 22.3 Å². The van der Waals surface area contributed by atoms with E-state index in [-0.39, 0.29) is 19.5 Å². The number of carbonyl (C=O) groups is 3. The molecule has 2 heterocycles. The molecule has 3 amide bonds. The van der Waals surface area contributed by atoms with E-state index in [1.54, 1.807) is 36.4 Å². The normalized spacial score (nSPS) is 10.6. The molecule has 146 valence electrons. The molecule has 2 aromatic heterocycles. The number of rotatable bonds is 6. The molecular weight excluding hydrogens is 368 g/mol. The molecule has 0 radical (unpaired) electrons. The molecule has 10 heteroatoms. The Morgan fingerprint density at radius 3 is 2.61 bits per heavy atom. The number of hydrazine groups is 1. The molecule has 0 aliphatic carbocycles. The van der Waals surface area contributed by atoms with Crippen molar-refractivity contribution in [3.05, 3.63) is 59.0 Å². The van der Waals surface area contributed by atoms with Gasteiger partial charge in [-0.05, 0) is 30.7 Å². The second-order valence-electron chi connectivity index (χ2n) is 5.86. The van der Waals surface area contributed by atoms with Crippen molar-refractivity contribution in [2.45, 2.75) is 25.9 Å². The number of fused-ring (bicyclic) bond motifs is 1. The lowest BCUT2D eigenvalue weighted by atomic mass is 10.3. The molecule has 0 aliphatic rings. The minimum atomic E-state index is -1.00. The Balaban J connectivity index is 1.39. The summed E-state index contributed by atoms with van der Waals surface area (Å²) < 4.78 is 11.6. The lowest BCUT2D eigenvalue weighted by molar-refractivity contribution is -0.141. The smallest absolute Gasteiger partial charge is 0.419 e. The topological polar surface area (TPSA) is 136 Å². The quantitative estimate of drug-likeness (QED) is 0.415. The maximum Gasteiger partial charge on any atom is 0.419 e. The van der Waals surface area contributed by atoms with Gasteiger partial charge in [-0.15, -0.1) is 0 Å². The van der Waals surface area contributed by atoms with Gasteiger partial charge in [0.15, 0.2) is 5.58 Å². The highest BCUT2D eigenvalue weighted by Crippen LogP contribution is 2.12. The number of aryl methyl sites for hydroxylation is 1. The number of hydrogen-bond acceptors (Lipinski definition) is 6. The zero-order valence-electron chi connectivity index (χ0n) is 14.8. The van der Waals surface area contributed by atoms with Gasteiger partial charge in [-0.2, -0.15) is 0 Å². The summed E-state index contributed by atoms with van der Waals surface area (Å²) >= 11 is 0. The first-order valence-electron chi connectivity index (χ1n) is 8.52. The van der Waals surface area contributed by atoms with Crippen molar-refractivity contribution in [3.8, 4) is 0 Å². The predicted molar refractivity (Wildman–Crippen MR) is 96.5 cm³/mol. The van der Waals surface area contributed by atoms with Crippen LogP contribution in [0.1, 0.15) is 18.6 Å². The first kappa shape index (κ1) is 19.0. The van der Waals surface area contributed by atoms with Crippen LogP contribution in [0, 0.1) is 0 Å². The van der Waals surface area contributed by atoms with Crippen molar-refractivity contribution in [1.82, 2.24) is 20.7 Å². The maximum absolute atomic E-state index is 11.8. The molecule has 1 aromatic carbocycles. The standard InChI is InChI=1S/C18H18N4O6/c23-15(20-21-17(25)16(24)19-11-12-5-4-10-27-12)8-3-9-22-13-6-1-2-7-14(13)28-18(22)26/h1-2,4-7,10H,3,8-9,11H2,(H,19,24)(H,20,23)(H,21,25). The largest absolute Gasteiger partial charge is 0.467 e. The van der Waals surface area contributed by atoms with Crippen LogP contribution in [0.2, 0.25) is 0 Å². The number of furan rings is 1. The molecule has 0 unspecified atom stereocenters. The number of nitrogens with zero attached hydrogens (tertiary/aromatic N) is 1. The SMILES string of the molecule is O=C(CCCn1c(=O)oc2ccccc21)NNC(=O)C(=O)NCc1ccco1. The van der Waals surface area contributed by atoms with Crippen molar-refractivity contribution in [2.75, 3.05) is 0 Å². The number of hydrogen-bond donors (Lipinski definition) is 3. The lowest BCUT2D eigenvalue weighted by Crippen LogP contribution is -2.48. The molecule has 0 saturated carbocycles. The van der Waals surface area contributed by atoms with Crippen LogP contribution in [0.4, 0.5) is 0 Å². The molecule has 0 fully saturated rings. The Hall–Kier alpha value is -3.82. The van der Waals surface area contributed by atoms with Crippen LogP contribution >= 0.6 is 0 Å². The average molecular weight is 386 g/mol. The number of nitrogens with one attached hydrogen (secondary N) is 3. The van der Waals surface area contributed by atoms with Gasteiger partial charge in [-0.25, -0.2) is 4.79 Å². The molecule has 3 rings (SSSR count). The molecule has 0 spiro atoms. The van der Waals surface area contributed by atoms with Crippen molar-refractivity contribution in [2.24, 2.45) is 0 Å². The highest BCUT2D eigenvalue weighted by molar-refractivity contribution is 6.35. The summed E-state index contributed by atoms with van der Waals surface area (Å²) in [6.07, 6.45) is 1.83. The second kappa shape index (κ2) is 8.71. The predicted octanol–water partition coefficient (Wildman–Crippen LogP) is 0.432. The first-order valence-corrected chi connectivity index (χ1v) is 8.52. The fraction of sp³-hybridized carbons (Fsp3) is 0.222. The van der Waals surface area contributed by atoms with Crippen molar-refractivity contribution >= 4 is 28.8 Å². The van der Waals surface area contributed by atoms with Crippen LogP contribution in [0.25, 0.3) is 11.1 Å². The van der Waals surface area contributed by atoms with Crippen LogP contribution in [0.3, 0.4) is 0 Å². The minimum absolute atomic E-state index is 0.0419. The Labute approximate surface area is 158 Å². The number of benzene rings is 1. The van der Waals surface area contributed by atoms with Gasteiger partial charge in [0.1, 0.15) is 5.76 Å². The van der Waals surface area contributed by atoms with Gasteiger partial charge in [0.05, 0.1) is 18.3 Å². The lowest BCUT2D eigenvalue weighted by Gasteiger charge is -2.07. The fourth-order valence-electron chi connectivity index (χ4n) is 2.53. The first-order chi connectivity index (χ1) is 13.5. The third-order valence-electron chi connectivity index (χ3n) is 3.88. The molecule has 10 nitrogen and oxygen atoms in total. The monoisotopic (exact) mass is 386 g/mol. The molecule has 0 aliphatic heterocycles. The summed E-state index contributed by atoms with van der Waals surface area (Å²) in [5, 5.41) is 2.35. The van der Waals surface area contributed by atoms with E-state index < -0.39 is 23.5 Å². The molecule has 3 N–H and O–H groups in total. The number of carbonyl (C=O) groups excluding carboxylic acids is 3. The van der Waals surface area contributed by atoms with Crippen LogP contribution < -0.4 is 21.9 Å². The van der Waals surface area contributed by atoms with Gasteiger partial charge in [0.25, 0.3) is 0 Å². The second-order valence-corrected chi connectivity index (χ2v) is 5.86. The summed E-state index contributed by atoms with van der Waals surface area (Å²) in [6.45, 7) is 0.335. The van der Waals surface area contributed by atoms with Crippen LogP contribution in [0.5, 0.6) is 0 Å². The van der Waals surface area contributed by atoms with E-state index in [2.05, 4.69) is 10.7 Å². The summed E-state index contributed by atoms with van der Waals surface area (Å²) in [5.74, 6) is -2.41. The van der Waals surface area contributed by atoms with Crippen LogP contribution in [-0.2, 0) is 27.5 Å². The number of amides is 3. The van der Waals surface area contributed by atoms with Gasteiger partial charge in [0.2, 0.25) is 5.91 Å². The van der Waals surface area contributed by atoms with Gasteiger partial charge in [-0.1, -0.05) is 12.1 Å². The third kappa shape index (κ3) is 4.67. The number of aromatic nitrogens is 1. The van der Waals surface area contributed by atoms with Gasteiger partial charge in [-0.3, -0.25) is 29.8 Å². The summed E-state index contributed by atoms with van der Waals surface area (Å²) in [4.78, 5) is 46.9. The van der Waals surface area contributed by atoms with Gasteiger partial charge >= 0.3 is 17.6 Å². The van der Waals surface area contributed by atoms with Gasteiger partial charge in [0, 0.05) is 13.0 Å². The molecule has 28 heavy (non-hydrogen) atoms. The van der Waals surface area contributed by atoms with E-state index in [1.165, 1.54) is 10.8 Å². The van der Waals surface area contributed by atoms with E-state index in [4.69, 9.17) is 8.83 Å². The average Bonchev–Trinajstić information content (AvgIpc) is 3.32. The Kier molecular flexibility index (Phi) is 5.90. The Morgan fingerprint density at radius 1 is 1.00 bits per heavy atom. The van der Waals surface area contributed by atoms with Crippen molar-refractivity contribution in [1.29, 1.82) is 0 Å². The molecule has 0 bridgehead atoms. The zero-order valence-corrected chi connectivity index (χ0v) is 14.8. The summed E-state index contributed by atoms with van der Waals surface area (Å²) in [7, 11) is 0. The Bertz CT molecular complexity index is 1030. The highest BCUT2D eigenvalue weighted by atomic mass is 16.4. The van der Waals surface area contributed by atoms with E-state index in [0.29, 0.717) is 23.3 Å². The van der Waals surface area contributed by atoms with E-state index in [9.17, 15) is 19.2 Å². The summed E-state index contributed by atoms with van der Waals surface area (Å²) in [5.41, 5.74) is 5.31. The highest BCUT2D eigenvalue weighted by Gasteiger charge is 2.15. The molecule has 0 saturated heterocycles. The van der Waals surface area contributed by atoms with E-state index >= 15 is 0 Å². The fourth-order valence-corrected chi connectivity index (χ4v) is 2.53. The minimum Gasteiger partial charge on any atom is -0.467 e. The zero-order chi connectivity index (χ0) is 19.9. The number of oxazole rings is 1. The van der Waals surface area contributed by atoms with E-state index in [0.717, 1.165) is 0 Å². The third-order valence-corrected chi connectivity index (χ3v) is 3.88.